The molecule has 8 nitrogen and oxygen atoms in total. The predicted octanol–water partition coefficient (Wildman–Crippen LogP) is -0.836. The lowest BCUT2D eigenvalue weighted by Crippen LogP contribution is -2.51. The molecule has 23 heavy (non-hydrogen) atoms. The number of aromatic nitrogens is 2. The molecular weight excluding hydrogens is 300 g/mol. The highest BCUT2D eigenvalue weighted by Crippen LogP contribution is 2.12. The minimum atomic E-state index is -0.291. The number of aromatic amines is 1. The fourth-order valence-electron chi connectivity index (χ4n) is 2.36. The number of nitrogens with zero attached hydrogens (tertiary/aromatic N) is 2. The highest BCUT2D eigenvalue weighted by molar-refractivity contribution is 5.78. The highest BCUT2D eigenvalue weighted by atomic mass is 16.5. The Hall–Kier alpha value is -1.77. The Labute approximate surface area is 135 Å². The van der Waals surface area contributed by atoms with E-state index in [4.69, 9.17) is 9.47 Å². The van der Waals surface area contributed by atoms with E-state index in [9.17, 15) is 9.59 Å². The minimum Gasteiger partial charge on any atom is -0.379 e. The van der Waals surface area contributed by atoms with Gasteiger partial charge in [-0.2, -0.15) is 0 Å². The number of carbonyl (C=O) groups excluding carboxylic acids is 1. The van der Waals surface area contributed by atoms with Crippen LogP contribution < -0.4 is 10.9 Å². The number of hydrogen-bond acceptors (Lipinski definition) is 6. The first-order chi connectivity index (χ1) is 11.1. The zero-order chi connectivity index (χ0) is 16.7. The molecule has 0 saturated carbocycles. The summed E-state index contributed by atoms with van der Waals surface area (Å²) in [5, 5.41) is 2.94. The van der Waals surface area contributed by atoms with E-state index in [-0.39, 0.29) is 30.0 Å². The van der Waals surface area contributed by atoms with Gasteiger partial charge in [-0.05, 0) is 20.5 Å². The normalized spacial score (nSPS) is 21.3. The summed E-state index contributed by atoms with van der Waals surface area (Å²) in [6.45, 7) is 2.44. The molecule has 128 valence electrons. The first-order valence-corrected chi connectivity index (χ1v) is 7.71. The van der Waals surface area contributed by atoms with Crippen LogP contribution in [-0.4, -0.2) is 73.4 Å². The maximum absolute atomic E-state index is 12.2. The van der Waals surface area contributed by atoms with Crippen LogP contribution >= 0.6 is 0 Å². The quantitative estimate of drug-likeness (QED) is 0.679. The predicted molar refractivity (Wildman–Crippen MR) is 84.2 cm³/mol. The van der Waals surface area contributed by atoms with E-state index in [1.807, 2.05) is 19.0 Å². The van der Waals surface area contributed by atoms with E-state index in [0.29, 0.717) is 31.8 Å². The molecule has 1 saturated heterocycles. The van der Waals surface area contributed by atoms with E-state index in [2.05, 4.69) is 15.3 Å². The third-order valence-electron chi connectivity index (χ3n) is 3.66. The fourth-order valence-corrected chi connectivity index (χ4v) is 2.36. The molecule has 1 amide bonds. The lowest BCUT2D eigenvalue weighted by molar-refractivity contribution is -0.125. The van der Waals surface area contributed by atoms with Crippen molar-refractivity contribution in [2.24, 2.45) is 0 Å². The first-order valence-electron chi connectivity index (χ1n) is 7.71. The molecule has 2 heterocycles. The van der Waals surface area contributed by atoms with Crippen LogP contribution in [0.15, 0.2) is 17.3 Å². The Bertz CT molecular complexity index is 560. The van der Waals surface area contributed by atoms with Crippen LogP contribution in [0, 0.1) is 0 Å². The fraction of sp³-hybridized carbons (Fsp3) is 0.667. The second-order valence-corrected chi connectivity index (χ2v) is 5.83. The summed E-state index contributed by atoms with van der Waals surface area (Å²) in [6, 6.07) is -0.103. The van der Waals surface area contributed by atoms with Crippen LogP contribution in [-0.2, 0) is 20.7 Å². The van der Waals surface area contributed by atoms with E-state index in [0.717, 1.165) is 6.54 Å². The minimum absolute atomic E-state index is 0.00491. The van der Waals surface area contributed by atoms with Gasteiger partial charge in [0.1, 0.15) is 6.10 Å². The van der Waals surface area contributed by atoms with Crippen molar-refractivity contribution >= 4 is 5.91 Å². The SMILES string of the molecule is CN(C)CCO[C@@H]1COCC[C@H]1NC(=O)Cc1cnc[nH]c1=O. The molecule has 1 fully saturated rings. The topological polar surface area (TPSA) is 96.6 Å². The summed E-state index contributed by atoms with van der Waals surface area (Å²) < 4.78 is 11.3. The van der Waals surface area contributed by atoms with Crippen LogP contribution in [0.1, 0.15) is 12.0 Å². The van der Waals surface area contributed by atoms with E-state index < -0.39 is 0 Å². The molecule has 0 bridgehead atoms. The lowest BCUT2D eigenvalue weighted by Gasteiger charge is -2.32. The van der Waals surface area contributed by atoms with Gasteiger partial charge in [0.2, 0.25) is 5.91 Å². The molecular formula is C15H24N4O4. The largest absolute Gasteiger partial charge is 0.379 e. The summed E-state index contributed by atoms with van der Waals surface area (Å²) >= 11 is 0. The van der Waals surface area contributed by atoms with Gasteiger partial charge in [0.25, 0.3) is 5.56 Å². The molecule has 0 aromatic carbocycles. The van der Waals surface area contributed by atoms with E-state index >= 15 is 0 Å². The Morgan fingerprint density at radius 1 is 1.57 bits per heavy atom. The summed E-state index contributed by atoms with van der Waals surface area (Å²) in [7, 11) is 3.96. The summed E-state index contributed by atoms with van der Waals surface area (Å²) in [4.78, 5) is 32.1. The Morgan fingerprint density at radius 2 is 2.39 bits per heavy atom. The van der Waals surface area contributed by atoms with Gasteiger partial charge in [0.15, 0.2) is 0 Å². The average Bonchev–Trinajstić information content (AvgIpc) is 2.51. The standard InChI is InChI=1S/C15H24N4O4/c1-19(2)4-6-23-13-9-22-5-3-12(13)18-14(20)7-11-8-16-10-17-15(11)21/h8,10,12-13H,3-7,9H2,1-2H3,(H,18,20)(H,16,17,21)/t12-,13-/m1/s1. The third kappa shape index (κ3) is 5.74. The molecule has 8 heteroatoms. The Kier molecular flexibility index (Phi) is 6.69. The van der Waals surface area contributed by atoms with Gasteiger partial charge < -0.3 is 24.7 Å². The number of H-pyrrole nitrogens is 1. The number of carbonyl (C=O) groups is 1. The van der Waals surface area contributed by atoms with Crippen LogP contribution in [0.2, 0.25) is 0 Å². The average molecular weight is 324 g/mol. The number of nitrogens with one attached hydrogen (secondary N) is 2. The number of hydrogen-bond donors (Lipinski definition) is 2. The Morgan fingerprint density at radius 3 is 3.13 bits per heavy atom. The van der Waals surface area contributed by atoms with Crippen molar-refractivity contribution < 1.29 is 14.3 Å². The maximum atomic E-state index is 12.2. The molecule has 1 aromatic rings. The van der Waals surface area contributed by atoms with Crippen molar-refractivity contribution in [3.05, 3.63) is 28.4 Å². The molecule has 1 aliphatic rings. The number of ether oxygens (including phenoxy) is 2. The summed E-state index contributed by atoms with van der Waals surface area (Å²) in [5.41, 5.74) is 0.0584. The molecule has 1 aliphatic heterocycles. The number of likely N-dealkylation sites (N-methyl/N-ethyl adjacent to an activating group) is 1. The van der Waals surface area contributed by atoms with Crippen molar-refractivity contribution in [2.45, 2.75) is 25.0 Å². The van der Waals surface area contributed by atoms with Crippen LogP contribution in [0.5, 0.6) is 0 Å². The second kappa shape index (κ2) is 8.76. The van der Waals surface area contributed by atoms with E-state index in [1.165, 1.54) is 12.5 Å². The molecule has 1 aromatic heterocycles. The second-order valence-electron chi connectivity index (χ2n) is 5.83. The van der Waals surface area contributed by atoms with Crippen LogP contribution in [0.3, 0.4) is 0 Å². The third-order valence-corrected chi connectivity index (χ3v) is 3.66. The molecule has 2 N–H and O–H groups in total. The number of amides is 1. The van der Waals surface area contributed by atoms with Crippen LogP contribution in [0.25, 0.3) is 0 Å². The van der Waals surface area contributed by atoms with Gasteiger partial charge in [0.05, 0.1) is 32.0 Å². The summed E-state index contributed by atoms with van der Waals surface area (Å²) in [6.07, 6.45) is 3.25. The highest BCUT2D eigenvalue weighted by Gasteiger charge is 2.28. The van der Waals surface area contributed by atoms with Crippen molar-refractivity contribution in [1.29, 1.82) is 0 Å². The Balaban J connectivity index is 1.86. The van der Waals surface area contributed by atoms with E-state index in [1.54, 1.807) is 0 Å². The first kappa shape index (κ1) is 17.6. The van der Waals surface area contributed by atoms with Crippen molar-refractivity contribution in [1.82, 2.24) is 20.2 Å². The molecule has 0 unspecified atom stereocenters. The number of rotatable bonds is 7. The van der Waals surface area contributed by atoms with Gasteiger partial charge in [-0.15, -0.1) is 0 Å². The zero-order valence-electron chi connectivity index (χ0n) is 13.6. The maximum Gasteiger partial charge on any atom is 0.254 e. The molecule has 0 radical (unpaired) electrons. The van der Waals surface area contributed by atoms with Crippen LogP contribution in [0.4, 0.5) is 0 Å². The monoisotopic (exact) mass is 324 g/mol. The summed E-state index contributed by atoms with van der Waals surface area (Å²) in [5.74, 6) is -0.211. The van der Waals surface area contributed by atoms with Gasteiger partial charge in [-0.3, -0.25) is 9.59 Å². The molecule has 2 rings (SSSR count). The zero-order valence-corrected chi connectivity index (χ0v) is 13.6. The van der Waals surface area contributed by atoms with Gasteiger partial charge in [-0.25, -0.2) is 4.98 Å². The molecule has 0 aliphatic carbocycles. The van der Waals surface area contributed by atoms with Crippen molar-refractivity contribution in [3.63, 3.8) is 0 Å². The lowest BCUT2D eigenvalue weighted by atomic mass is 10.1. The van der Waals surface area contributed by atoms with Gasteiger partial charge in [0, 0.05) is 24.9 Å². The molecule has 0 spiro atoms. The van der Waals surface area contributed by atoms with Crippen molar-refractivity contribution in [3.8, 4) is 0 Å². The molecule has 2 atom stereocenters. The smallest absolute Gasteiger partial charge is 0.254 e. The van der Waals surface area contributed by atoms with Crippen molar-refractivity contribution in [2.75, 3.05) is 40.5 Å². The van der Waals surface area contributed by atoms with Gasteiger partial charge >= 0.3 is 0 Å². The van der Waals surface area contributed by atoms with Gasteiger partial charge in [-0.1, -0.05) is 0 Å².